The molecule has 0 spiro atoms. The predicted molar refractivity (Wildman–Crippen MR) is 112 cm³/mol. The number of likely N-dealkylation sites (N-methyl/N-ethyl adjacent to an activating group) is 1. The van der Waals surface area contributed by atoms with E-state index in [1.165, 1.54) is 17.8 Å². The Kier molecular flexibility index (Phi) is 9.01. The van der Waals surface area contributed by atoms with E-state index in [0.29, 0.717) is 30.8 Å². The number of thioether (sulfide) groups is 1. The Labute approximate surface area is 170 Å². The summed E-state index contributed by atoms with van der Waals surface area (Å²) >= 11 is 1.36. The maximum Gasteiger partial charge on any atom is 0.242 e. The minimum atomic E-state index is -0.526. The second-order valence-electron chi connectivity index (χ2n) is 6.41. The second kappa shape index (κ2) is 11.5. The van der Waals surface area contributed by atoms with Crippen molar-refractivity contribution in [3.63, 3.8) is 0 Å². The molecule has 1 N–H and O–H groups in total. The Morgan fingerprint density at radius 2 is 1.75 bits per heavy atom. The summed E-state index contributed by atoms with van der Waals surface area (Å²) in [5.74, 6) is 0.0705. The molecule has 2 amide bonds. The van der Waals surface area contributed by atoms with E-state index in [1.807, 2.05) is 44.2 Å². The number of hydrogen-bond acceptors (Lipinski definition) is 3. The first-order chi connectivity index (χ1) is 13.6. The topological polar surface area (TPSA) is 49.4 Å². The van der Waals surface area contributed by atoms with Gasteiger partial charge in [-0.2, -0.15) is 0 Å². The molecule has 0 aliphatic carbocycles. The largest absolute Gasteiger partial charge is 0.355 e. The molecule has 0 aliphatic heterocycles. The minimum Gasteiger partial charge on any atom is -0.355 e. The van der Waals surface area contributed by atoms with Gasteiger partial charge in [0.2, 0.25) is 11.8 Å². The lowest BCUT2D eigenvalue weighted by Crippen LogP contribution is -2.49. The number of carbonyl (C=O) groups excluding carboxylic acids is 2. The smallest absolute Gasteiger partial charge is 0.242 e. The number of benzene rings is 2. The highest BCUT2D eigenvalue weighted by molar-refractivity contribution is 7.99. The van der Waals surface area contributed by atoms with Crippen molar-refractivity contribution in [3.05, 3.63) is 71.5 Å². The van der Waals surface area contributed by atoms with E-state index >= 15 is 0 Å². The molecule has 0 aliphatic rings. The Morgan fingerprint density at radius 3 is 2.39 bits per heavy atom. The maximum atomic E-state index is 13.8. The average molecular weight is 403 g/mol. The number of nitrogens with zero attached hydrogens (tertiary/aromatic N) is 1. The number of amides is 2. The van der Waals surface area contributed by atoms with Crippen LogP contribution in [0.25, 0.3) is 0 Å². The zero-order valence-corrected chi connectivity index (χ0v) is 17.2. The van der Waals surface area contributed by atoms with Crippen LogP contribution in [0.15, 0.2) is 54.6 Å². The zero-order valence-electron chi connectivity index (χ0n) is 16.4. The van der Waals surface area contributed by atoms with Crippen LogP contribution < -0.4 is 5.32 Å². The lowest BCUT2D eigenvalue weighted by Gasteiger charge is -2.30. The normalized spacial score (nSPS) is 11.7. The molecule has 0 aromatic heterocycles. The van der Waals surface area contributed by atoms with E-state index in [2.05, 4.69) is 5.32 Å². The van der Waals surface area contributed by atoms with Gasteiger partial charge in [-0.1, -0.05) is 55.5 Å². The van der Waals surface area contributed by atoms with Crippen molar-refractivity contribution in [2.75, 3.05) is 12.3 Å². The molecule has 2 aromatic rings. The van der Waals surface area contributed by atoms with Crippen molar-refractivity contribution in [1.29, 1.82) is 0 Å². The first kappa shape index (κ1) is 22.0. The Hall–Kier alpha value is -2.34. The number of carbonyl (C=O) groups is 2. The van der Waals surface area contributed by atoms with Crippen LogP contribution in [-0.2, 0) is 21.9 Å². The highest BCUT2D eigenvalue weighted by Crippen LogP contribution is 2.18. The lowest BCUT2D eigenvalue weighted by molar-refractivity contribution is -0.139. The van der Waals surface area contributed by atoms with Gasteiger partial charge >= 0.3 is 0 Å². The third-order valence-electron chi connectivity index (χ3n) is 4.37. The Morgan fingerprint density at radius 1 is 1.07 bits per heavy atom. The van der Waals surface area contributed by atoms with Crippen molar-refractivity contribution in [1.82, 2.24) is 10.2 Å². The van der Waals surface area contributed by atoms with Crippen molar-refractivity contribution < 1.29 is 14.0 Å². The zero-order chi connectivity index (χ0) is 20.4. The molecule has 150 valence electrons. The van der Waals surface area contributed by atoms with Crippen LogP contribution in [0.2, 0.25) is 0 Å². The fraction of sp³-hybridized carbons (Fsp3) is 0.364. The van der Waals surface area contributed by atoms with Crippen molar-refractivity contribution in [2.24, 2.45) is 0 Å². The van der Waals surface area contributed by atoms with E-state index in [4.69, 9.17) is 0 Å². The molecule has 4 nitrogen and oxygen atoms in total. The summed E-state index contributed by atoms with van der Waals surface area (Å²) in [5, 5.41) is 2.82. The Bertz CT molecular complexity index is 770. The van der Waals surface area contributed by atoms with Gasteiger partial charge in [0.15, 0.2) is 0 Å². The minimum absolute atomic E-state index is 0.122. The summed E-state index contributed by atoms with van der Waals surface area (Å²) < 4.78 is 13.8. The maximum absolute atomic E-state index is 13.8. The second-order valence-corrected chi connectivity index (χ2v) is 7.40. The van der Waals surface area contributed by atoms with Crippen molar-refractivity contribution in [2.45, 2.75) is 38.6 Å². The van der Waals surface area contributed by atoms with Crippen LogP contribution in [0.1, 0.15) is 31.4 Å². The van der Waals surface area contributed by atoms with E-state index in [9.17, 15) is 14.0 Å². The SMILES string of the molecule is CCNC(=O)[C@@H](CC)N(Cc1ccccc1)C(=O)CSCc1ccccc1F. The lowest BCUT2D eigenvalue weighted by atomic mass is 10.1. The number of nitrogens with one attached hydrogen (secondary N) is 1. The molecule has 0 saturated heterocycles. The van der Waals surface area contributed by atoms with Crippen molar-refractivity contribution >= 4 is 23.6 Å². The summed E-state index contributed by atoms with van der Waals surface area (Å²) in [6.07, 6.45) is 0.530. The van der Waals surface area contributed by atoms with E-state index in [1.54, 1.807) is 23.1 Å². The highest BCUT2D eigenvalue weighted by Gasteiger charge is 2.28. The molecule has 0 bridgehead atoms. The summed E-state index contributed by atoms with van der Waals surface area (Å²) in [5.41, 5.74) is 1.54. The quantitative estimate of drug-likeness (QED) is 0.653. The fourth-order valence-corrected chi connectivity index (χ4v) is 3.83. The van der Waals surface area contributed by atoms with Crippen molar-refractivity contribution in [3.8, 4) is 0 Å². The summed E-state index contributed by atoms with van der Waals surface area (Å²) in [7, 11) is 0. The van der Waals surface area contributed by atoms with Gasteiger partial charge in [0, 0.05) is 18.8 Å². The molecule has 0 heterocycles. The van der Waals surface area contributed by atoms with Crippen LogP contribution in [0.5, 0.6) is 0 Å². The molecule has 2 rings (SSSR count). The van der Waals surface area contributed by atoms with Gasteiger partial charge < -0.3 is 10.2 Å². The monoisotopic (exact) mass is 402 g/mol. The van der Waals surface area contributed by atoms with Gasteiger partial charge in [-0.25, -0.2) is 4.39 Å². The molecule has 2 aromatic carbocycles. The highest BCUT2D eigenvalue weighted by atomic mass is 32.2. The molecule has 0 radical (unpaired) electrons. The molecular formula is C22H27FN2O2S. The number of hydrogen-bond donors (Lipinski definition) is 1. The molecule has 0 saturated carbocycles. The molecule has 0 fully saturated rings. The average Bonchev–Trinajstić information content (AvgIpc) is 2.70. The van der Waals surface area contributed by atoms with Gasteiger partial charge in [-0.15, -0.1) is 11.8 Å². The van der Waals surface area contributed by atoms with Crippen LogP contribution in [0.4, 0.5) is 4.39 Å². The van der Waals surface area contributed by atoms with E-state index in [0.717, 1.165) is 5.56 Å². The van der Waals surface area contributed by atoms with Crippen LogP contribution in [0.3, 0.4) is 0 Å². The standard InChI is InChI=1S/C22H27FN2O2S/c1-3-20(22(27)24-4-2)25(14-17-10-6-5-7-11-17)21(26)16-28-15-18-12-8-9-13-19(18)23/h5-13,20H,3-4,14-16H2,1-2H3,(H,24,27)/t20-/m1/s1. The summed E-state index contributed by atoms with van der Waals surface area (Å²) in [6.45, 7) is 4.65. The molecule has 6 heteroatoms. The predicted octanol–water partition coefficient (Wildman–Crippen LogP) is 4.00. The van der Waals surface area contributed by atoms with Gasteiger partial charge in [0.1, 0.15) is 11.9 Å². The van der Waals surface area contributed by atoms with Gasteiger partial charge in [-0.3, -0.25) is 9.59 Å². The van der Waals surface area contributed by atoms with Gasteiger partial charge in [0.25, 0.3) is 0 Å². The summed E-state index contributed by atoms with van der Waals surface area (Å²) in [4.78, 5) is 27.1. The van der Waals surface area contributed by atoms with E-state index in [-0.39, 0.29) is 23.4 Å². The molecular weight excluding hydrogens is 375 g/mol. The Balaban J connectivity index is 2.09. The van der Waals surface area contributed by atoms with E-state index < -0.39 is 6.04 Å². The molecule has 1 atom stereocenters. The third-order valence-corrected chi connectivity index (χ3v) is 5.34. The number of halogens is 1. The fourth-order valence-electron chi connectivity index (χ4n) is 2.94. The van der Waals surface area contributed by atoms with Crippen LogP contribution >= 0.6 is 11.8 Å². The first-order valence-corrected chi connectivity index (χ1v) is 10.6. The van der Waals surface area contributed by atoms with Crippen LogP contribution in [-0.4, -0.2) is 35.1 Å². The molecule has 28 heavy (non-hydrogen) atoms. The first-order valence-electron chi connectivity index (χ1n) is 9.49. The van der Waals surface area contributed by atoms with Gasteiger partial charge in [0.05, 0.1) is 5.75 Å². The summed E-state index contributed by atoms with van der Waals surface area (Å²) in [6, 6.07) is 15.7. The molecule has 0 unspecified atom stereocenters. The van der Waals surface area contributed by atoms with Gasteiger partial charge in [-0.05, 0) is 30.5 Å². The number of rotatable bonds is 10. The third kappa shape index (κ3) is 6.37. The van der Waals surface area contributed by atoms with Crippen LogP contribution in [0, 0.1) is 5.82 Å².